The van der Waals surface area contributed by atoms with E-state index in [0.29, 0.717) is 35.9 Å². The number of fused-ring (bicyclic) bond motifs is 1. The molecule has 1 aliphatic heterocycles. The summed E-state index contributed by atoms with van der Waals surface area (Å²) in [5, 5.41) is 13.2. The molecule has 0 amide bonds. The molecule has 3 aromatic rings. The van der Waals surface area contributed by atoms with E-state index in [4.69, 9.17) is 11.6 Å². The van der Waals surface area contributed by atoms with Crippen molar-refractivity contribution in [3.8, 4) is 6.07 Å². The molecule has 0 unspecified atom stereocenters. The maximum Gasteiger partial charge on any atom is 0.280 e. The van der Waals surface area contributed by atoms with E-state index in [1.165, 1.54) is 18.6 Å². The zero-order valence-corrected chi connectivity index (χ0v) is 16.6. The van der Waals surface area contributed by atoms with Crippen molar-refractivity contribution in [3.05, 3.63) is 76.0 Å². The summed E-state index contributed by atoms with van der Waals surface area (Å²) in [7, 11) is 0. The highest BCUT2D eigenvalue weighted by Gasteiger charge is 2.23. The van der Waals surface area contributed by atoms with Gasteiger partial charge in [0.1, 0.15) is 23.9 Å². The van der Waals surface area contributed by atoms with Crippen molar-refractivity contribution in [2.45, 2.75) is 25.9 Å². The van der Waals surface area contributed by atoms with Crippen molar-refractivity contribution >= 4 is 23.1 Å². The lowest BCUT2D eigenvalue weighted by Gasteiger charge is -2.31. The molecule has 3 heterocycles. The Hall–Kier alpha value is -3.31. The third-order valence-corrected chi connectivity index (χ3v) is 5.19. The highest BCUT2D eigenvalue weighted by atomic mass is 35.5. The normalized spacial score (nSPS) is 13.1. The van der Waals surface area contributed by atoms with Crippen molar-refractivity contribution in [3.63, 3.8) is 0 Å². The fraction of sp³-hybridized carbons (Fsp3) is 0.238. The van der Waals surface area contributed by atoms with Crippen LogP contribution in [0.15, 0.2) is 42.9 Å². The molecule has 0 spiro atoms. The Labute approximate surface area is 177 Å². The summed E-state index contributed by atoms with van der Waals surface area (Å²) in [6, 6.07) is 10.4. The quantitative estimate of drug-likeness (QED) is 0.646. The Morgan fingerprint density at radius 2 is 2.07 bits per heavy atom. The van der Waals surface area contributed by atoms with Crippen molar-refractivity contribution in [1.29, 1.82) is 5.26 Å². The van der Waals surface area contributed by atoms with Crippen LogP contribution in [0.2, 0.25) is 5.02 Å². The van der Waals surface area contributed by atoms with Crippen LogP contribution >= 0.6 is 11.6 Å². The summed E-state index contributed by atoms with van der Waals surface area (Å²) in [6.07, 6.45) is 1.07. The first-order valence-corrected chi connectivity index (χ1v) is 9.67. The van der Waals surface area contributed by atoms with Crippen LogP contribution in [-0.4, -0.2) is 21.5 Å². The lowest BCUT2D eigenvalue weighted by Crippen LogP contribution is -2.32. The molecule has 1 aromatic carbocycles. The number of pyridine rings is 1. The Morgan fingerprint density at radius 3 is 2.80 bits per heavy atom. The molecule has 0 aliphatic carbocycles. The summed E-state index contributed by atoms with van der Waals surface area (Å²) in [5.74, 6) is 0.676. The van der Waals surface area contributed by atoms with Gasteiger partial charge < -0.3 is 10.2 Å². The Morgan fingerprint density at radius 1 is 1.20 bits per heavy atom. The monoisotopic (exact) mass is 426 g/mol. The third kappa shape index (κ3) is 4.16. The Balaban J connectivity index is 1.54. The number of aromatic nitrogens is 3. The second-order valence-corrected chi connectivity index (χ2v) is 7.27. The number of anilines is 2. The highest BCUT2D eigenvalue weighted by molar-refractivity contribution is 6.30. The van der Waals surface area contributed by atoms with Gasteiger partial charge in [0.25, 0.3) is 6.43 Å². The van der Waals surface area contributed by atoms with Gasteiger partial charge in [-0.3, -0.25) is 4.98 Å². The molecule has 0 bridgehead atoms. The molecule has 30 heavy (non-hydrogen) atoms. The smallest absolute Gasteiger partial charge is 0.280 e. The Bertz CT molecular complexity index is 1100. The van der Waals surface area contributed by atoms with Gasteiger partial charge in [0.05, 0.1) is 16.9 Å². The molecule has 0 radical (unpaired) electrons. The highest BCUT2D eigenvalue weighted by Crippen LogP contribution is 2.30. The van der Waals surface area contributed by atoms with Crippen LogP contribution in [0.25, 0.3) is 0 Å². The van der Waals surface area contributed by atoms with E-state index in [0.717, 1.165) is 29.1 Å². The zero-order valence-electron chi connectivity index (χ0n) is 15.8. The van der Waals surface area contributed by atoms with E-state index in [2.05, 4.69) is 31.2 Å². The number of benzene rings is 1. The van der Waals surface area contributed by atoms with E-state index in [1.54, 1.807) is 18.2 Å². The molecule has 0 saturated heterocycles. The minimum atomic E-state index is -2.59. The van der Waals surface area contributed by atoms with Crippen molar-refractivity contribution < 1.29 is 8.78 Å². The van der Waals surface area contributed by atoms with Gasteiger partial charge in [-0.15, -0.1) is 0 Å². The fourth-order valence-electron chi connectivity index (χ4n) is 3.43. The average Bonchev–Trinajstić information content (AvgIpc) is 2.77. The molecular formula is C21H17ClF2N6. The van der Waals surface area contributed by atoms with E-state index < -0.39 is 6.43 Å². The van der Waals surface area contributed by atoms with Crippen LogP contribution in [0.4, 0.5) is 20.3 Å². The van der Waals surface area contributed by atoms with Gasteiger partial charge in [0.2, 0.25) is 0 Å². The summed E-state index contributed by atoms with van der Waals surface area (Å²) in [4.78, 5) is 14.6. The first-order chi connectivity index (χ1) is 14.5. The number of alkyl halides is 2. The third-order valence-electron chi connectivity index (χ3n) is 4.95. The molecule has 1 aliphatic rings. The molecule has 0 saturated carbocycles. The lowest BCUT2D eigenvalue weighted by molar-refractivity contribution is 0.146. The van der Waals surface area contributed by atoms with Gasteiger partial charge in [-0.1, -0.05) is 17.7 Å². The Kier molecular flexibility index (Phi) is 5.72. The summed E-state index contributed by atoms with van der Waals surface area (Å²) < 4.78 is 25.3. The molecule has 0 atom stereocenters. The molecule has 1 N–H and O–H groups in total. The standard InChI is InChI=1S/C21H17ClF2N6/c22-15-2-4-19(14(7-15)8-25)30-6-5-17-16(11-30)21(29-12-28-17)27-10-13-1-3-18(20(23)24)26-9-13/h1-4,7,9,12,20H,5-6,10-11H2,(H,27,28,29). The maximum atomic E-state index is 12.7. The van der Waals surface area contributed by atoms with Crippen LogP contribution in [-0.2, 0) is 19.5 Å². The van der Waals surface area contributed by atoms with Crippen molar-refractivity contribution in [1.82, 2.24) is 15.0 Å². The van der Waals surface area contributed by atoms with Gasteiger partial charge in [-0.05, 0) is 29.8 Å². The summed E-state index contributed by atoms with van der Waals surface area (Å²) in [6.45, 7) is 1.65. The maximum absolute atomic E-state index is 12.7. The topological polar surface area (TPSA) is 77.7 Å². The van der Waals surface area contributed by atoms with Gasteiger partial charge in [-0.25, -0.2) is 18.7 Å². The minimum Gasteiger partial charge on any atom is -0.366 e. The van der Waals surface area contributed by atoms with Gasteiger partial charge in [0, 0.05) is 42.8 Å². The summed E-state index contributed by atoms with van der Waals surface area (Å²) >= 11 is 6.02. The van der Waals surface area contributed by atoms with Gasteiger partial charge in [-0.2, -0.15) is 5.26 Å². The van der Waals surface area contributed by atoms with Crippen LogP contribution in [0.1, 0.15) is 34.5 Å². The lowest BCUT2D eigenvalue weighted by atomic mass is 10.0. The van der Waals surface area contributed by atoms with Crippen LogP contribution in [0.3, 0.4) is 0 Å². The predicted octanol–water partition coefficient (Wildman–Crippen LogP) is 4.51. The first kappa shape index (κ1) is 20.0. The van der Waals surface area contributed by atoms with Crippen molar-refractivity contribution in [2.24, 2.45) is 0 Å². The van der Waals surface area contributed by atoms with Crippen LogP contribution < -0.4 is 10.2 Å². The fourth-order valence-corrected chi connectivity index (χ4v) is 3.60. The number of nitrogens with one attached hydrogen (secondary N) is 1. The predicted molar refractivity (Wildman–Crippen MR) is 109 cm³/mol. The number of hydrogen-bond acceptors (Lipinski definition) is 6. The second-order valence-electron chi connectivity index (χ2n) is 6.84. The molecule has 152 valence electrons. The molecule has 2 aromatic heterocycles. The van der Waals surface area contributed by atoms with Crippen LogP contribution in [0.5, 0.6) is 0 Å². The van der Waals surface area contributed by atoms with Crippen LogP contribution in [0, 0.1) is 11.3 Å². The number of hydrogen-bond donors (Lipinski definition) is 1. The molecule has 4 rings (SSSR count). The molecule has 9 heteroatoms. The SMILES string of the molecule is N#Cc1cc(Cl)ccc1N1CCc2ncnc(NCc3ccc(C(F)F)nc3)c2C1. The molecule has 0 fully saturated rings. The average molecular weight is 427 g/mol. The van der Waals surface area contributed by atoms with E-state index in [-0.39, 0.29) is 5.69 Å². The number of nitrogens with zero attached hydrogens (tertiary/aromatic N) is 5. The molecule has 6 nitrogen and oxygen atoms in total. The van der Waals surface area contributed by atoms with E-state index in [1.807, 2.05) is 6.07 Å². The number of halogens is 3. The van der Waals surface area contributed by atoms with E-state index in [9.17, 15) is 14.0 Å². The largest absolute Gasteiger partial charge is 0.366 e. The van der Waals surface area contributed by atoms with Crippen molar-refractivity contribution in [2.75, 3.05) is 16.8 Å². The minimum absolute atomic E-state index is 0.245. The summed E-state index contributed by atoms with van der Waals surface area (Å²) in [5.41, 5.74) is 3.74. The van der Waals surface area contributed by atoms with Gasteiger partial charge >= 0.3 is 0 Å². The molecular weight excluding hydrogens is 410 g/mol. The first-order valence-electron chi connectivity index (χ1n) is 9.29. The number of rotatable bonds is 5. The number of nitriles is 1. The van der Waals surface area contributed by atoms with E-state index >= 15 is 0 Å². The second kappa shape index (κ2) is 8.59. The van der Waals surface area contributed by atoms with Gasteiger partial charge in [0.15, 0.2) is 0 Å². The zero-order chi connectivity index (χ0) is 21.1.